The van der Waals surface area contributed by atoms with Gasteiger partial charge in [-0.3, -0.25) is 9.59 Å². The molecule has 0 aliphatic rings. The molecule has 192 valence electrons. The molecule has 38 heavy (non-hydrogen) atoms. The van der Waals surface area contributed by atoms with Gasteiger partial charge in [0.2, 0.25) is 5.91 Å². The Morgan fingerprint density at radius 3 is 2.24 bits per heavy atom. The van der Waals surface area contributed by atoms with Crippen LogP contribution in [0.3, 0.4) is 0 Å². The van der Waals surface area contributed by atoms with Crippen molar-refractivity contribution >= 4 is 57.7 Å². The number of nitrogens with one attached hydrogen (secondary N) is 2. The summed E-state index contributed by atoms with van der Waals surface area (Å²) in [5.74, 6) is -3.44. The summed E-state index contributed by atoms with van der Waals surface area (Å²) in [5, 5.41) is 26.2. The number of thioether (sulfide) groups is 1. The Bertz CT molecular complexity index is 1510. The molecule has 0 unspecified atom stereocenters. The molecule has 1 aromatic heterocycles. The van der Waals surface area contributed by atoms with Crippen LogP contribution in [0, 0.1) is 6.92 Å². The van der Waals surface area contributed by atoms with E-state index < -0.39 is 23.4 Å². The van der Waals surface area contributed by atoms with Crippen LogP contribution in [0.4, 0.5) is 10.8 Å². The van der Waals surface area contributed by atoms with Crippen molar-refractivity contribution in [3.8, 4) is 11.3 Å². The molecule has 0 radical (unpaired) electrons. The first-order chi connectivity index (χ1) is 18.2. The molecule has 4 aromatic rings. The lowest BCUT2D eigenvalue weighted by Crippen LogP contribution is -2.17. The van der Waals surface area contributed by atoms with Crippen LogP contribution in [0.5, 0.6) is 0 Å². The van der Waals surface area contributed by atoms with Crippen LogP contribution in [0.1, 0.15) is 36.6 Å². The third-order valence-electron chi connectivity index (χ3n) is 5.32. The second kappa shape index (κ2) is 11.7. The lowest BCUT2D eigenvalue weighted by Gasteiger charge is -2.09. The fourth-order valence-corrected chi connectivity index (χ4v) is 4.81. The molecular formula is C27H21N3O6S2. The zero-order valence-corrected chi connectivity index (χ0v) is 21.6. The van der Waals surface area contributed by atoms with E-state index in [0.717, 1.165) is 33.8 Å². The first-order valence-electron chi connectivity index (χ1n) is 11.2. The smallest absolute Gasteiger partial charge is 0.336 e. The summed E-state index contributed by atoms with van der Waals surface area (Å²) in [5.41, 5.74) is 2.54. The van der Waals surface area contributed by atoms with E-state index >= 15 is 0 Å². The number of nitrogens with zero attached hydrogens (tertiary/aromatic N) is 1. The number of hydrogen-bond donors (Lipinski definition) is 4. The summed E-state index contributed by atoms with van der Waals surface area (Å²) in [6, 6.07) is 17.9. The Kier molecular flexibility index (Phi) is 8.19. The molecule has 2 amide bonds. The number of thiazole rings is 1. The maximum atomic E-state index is 12.6. The first-order valence-corrected chi connectivity index (χ1v) is 13.0. The van der Waals surface area contributed by atoms with Gasteiger partial charge in [-0.15, -0.1) is 23.1 Å². The van der Waals surface area contributed by atoms with Crippen LogP contribution < -0.4 is 10.6 Å². The Morgan fingerprint density at radius 1 is 0.868 bits per heavy atom. The average molecular weight is 548 g/mol. The van der Waals surface area contributed by atoms with Gasteiger partial charge in [0.05, 0.1) is 28.1 Å². The highest BCUT2D eigenvalue weighted by molar-refractivity contribution is 8.00. The number of aromatic nitrogens is 1. The summed E-state index contributed by atoms with van der Waals surface area (Å²) in [4.78, 5) is 52.9. The molecule has 11 heteroatoms. The third kappa shape index (κ3) is 6.64. The minimum atomic E-state index is -1.41. The number of carbonyl (C=O) groups excluding carboxylic acids is 2. The zero-order chi connectivity index (χ0) is 27.2. The molecule has 4 N–H and O–H groups in total. The van der Waals surface area contributed by atoms with Gasteiger partial charge in [0.15, 0.2) is 5.13 Å². The van der Waals surface area contributed by atoms with Crippen molar-refractivity contribution in [2.75, 3.05) is 16.4 Å². The van der Waals surface area contributed by atoms with E-state index in [1.165, 1.54) is 29.2 Å². The number of aryl methyl sites for hydroxylation is 1. The normalized spacial score (nSPS) is 10.6. The summed E-state index contributed by atoms with van der Waals surface area (Å²) >= 11 is 2.66. The second-order valence-electron chi connectivity index (χ2n) is 8.09. The van der Waals surface area contributed by atoms with Gasteiger partial charge in [0.1, 0.15) is 0 Å². The monoisotopic (exact) mass is 547 g/mol. The predicted molar refractivity (Wildman–Crippen MR) is 146 cm³/mol. The van der Waals surface area contributed by atoms with Crippen molar-refractivity contribution in [2.45, 2.75) is 11.8 Å². The summed E-state index contributed by atoms with van der Waals surface area (Å²) in [6.07, 6.45) is 0. The van der Waals surface area contributed by atoms with Crippen molar-refractivity contribution < 1.29 is 29.4 Å². The number of anilines is 2. The van der Waals surface area contributed by atoms with Gasteiger partial charge >= 0.3 is 11.9 Å². The molecule has 0 bridgehead atoms. The summed E-state index contributed by atoms with van der Waals surface area (Å²) in [6.45, 7) is 2.01. The van der Waals surface area contributed by atoms with Gasteiger partial charge in [-0.05, 0) is 49.4 Å². The van der Waals surface area contributed by atoms with Gasteiger partial charge in [-0.2, -0.15) is 0 Å². The Balaban J connectivity index is 1.32. The molecule has 0 atom stereocenters. The molecular weight excluding hydrogens is 526 g/mol. The van der Waals surface area contributed by atoms with E-state index in [1.807, 2.05) is 36.6 Å². The summed E-state index contributed by atoms with van der Waals surface area (Å²) in [7, 11) is 0. The number of carboxylic acid groups (broad SMARTS) is 2. The topological polar surface area (TPSA) is 146 Å². The number of rotatable bonds is 9. The Hall–Kier alpha value is -4.48. The minimum absolute atomic E-state index is 0.156. The first kappa shape index (κ1) is 26.6. The zero-order valence-electron chi connectivity index (χ0n) is 19.9. The van der Waals surface area contributed by atoms with Crippen molar-refractivity contribution in [3.63, 3.8) is 0 Å². The Labute approximate surface area is 225 Å². The molecule has 0 aliphatic carbocycles. The van der Waals surface area contributed by atoms with E-state index in [0.29, 0.717) is 10.8 Å². The van der Waals surface area contributed by atoms with Crippen LogP contribution in [0.25, 0.3) is 11.3 Å². The predicted octanol–water partition coefficient (Wildman–Crippen LogP) is 5.50. The molecule has 0 spiro atoms. The van der Waals surface area contributed by atoms with Crippen LogP contribution in [0.2, 0.25) is 0 Å². The third-order valence-corrected chi connectivity index (χ3v) is 7.09. The summed E-state index contributed by atoms with van der Waals surface area (Å²) < 4.78 is 0. The van der Waals surface area contributed by atoms with Gasteiger partial charge in [-0.25, -0.2) is 14.6 Å². The van der Waals surface area contributed by atoms with Crippen LogP contribution in [-0.4, -0.2) is 44.7 Å². The molecule has 0 fully saturated rings. The van der Waals surface area contributed by atoms with Gasteiger partial charge < -0.3 is 20.8 Å². The molecule has 3 aromatic carbocycles. The van der Waals surface area contributed by atoms with Crippen LogP contribution in [-0.2, 0) is 4.79 Å². The maximum Gasteiger partial charge on any atom is 0.336 e. The Morgan fingerprint density at radius 2 is 1.58 bits per heavy atom. The van der Waals surface area contributed by atoms with Crippen molar-refractivity contribution in [2.24, 2.45) is 0 Å². The van der Waals surface area contributed by atoms with Crippen LogP contribution >= 0.6 is 23.1 Å². The molecule has 0 aliphatic heterocycles. The lowest BCUT2D eigenvalue weighted by molar-refractivity contribution is -0.113. The number of hydrogen-bond acceptors (Lipinski definition) is 7. The maximum absolute atomic E-state index is 12.6. The van der Waals surface area contributed by atoms with E-state index in [4.69, 9.17) is 5.11 Å². The molecule has 1 heterocycles. The molecule has 0 saturated heterocycles. The van der Waals surface area contributed by atoms with Crippen molar-refractivity contribution in [1.29, 1.82) is 0 Å². The van der Waals surface area contributed by atoms with E-state index in [2.05, 4.69) is 15.6 Å². The minimum Gasteiger partial charge on any atom is -0.478 e. The standard InChI is InChI=1S/C27H21N3O6S2/c1-15-2-4-16(5-3-15)22-13-38-27(29-22)30-23(31)14-37-19-9-7-18(8-10-19)28-24(32)20-11-6-17(25(33)34)12-21(20)26(35)36/h2-13H,14H2,1H3,(H,28,32)(H,33,34)(H,35,36)(H,29,30,31). The molecule has 0 saturated carbocycles. The lowest BCUT2D eigenvalue weighted by atomic mass is 10.0. The highest BCUT2D eigenvalue weighted by Gasteiger charge is 2.19. The number of benzene rings is 3. The van der Waals surface area contributed by atoms with Gasteiger partial charge in [0, 0.05) is 21.5 Å². The number of aromatic carboxylic acids is 2. The molecule has 4 rings (SSSR count). The highest BCUT2D eigenvalue weighted by Crippen LogP contribution is 2.26. The van der Waals surface area contributed by atoms with E-state index in [9.17, 15) is 24.3 Å². The number of carbonyl (C=O) groups is 4. The second-order valence-corrected chi connectivity index (χ2v) is 10.00. The van der Waals surface area contributed by atoms with Crippen molar-refractivity contribution in [3.05, 3.63) is 94.4 Å². The van der Waals surface area contributed by atoms with E-state index in [1.54, 1.807) is 24.3 Å². The number of carboxylic acids is 2. The fourth-order valence-electron chi connectivity index (χ4n) is 3.38. The van der Waals surface area contributed by atoms with E-state index in [-0.39, 0.29) is 22.8 Å². The largest absolute Gasteiger partial charge is 0.478 e. The fraction of sp³-hybridized carbons (Fsp3) is 0.0741. The highest BCUT2D eigenvalue weighted by atomic mass is 32.2. The van der Waals surface area contributed by atoms with Gasteiger partial charge in [-0.1, -0.05) is 29.8 Å². The van der Waals surface area contributed by atoms with Crippen LogP contribution in [0.15, 0.2) is 77.0 Å². The average Bonchev–Trinajstić information content (AvgIpc) is 3.36. The quantitative estimate of drug-likeness (QED) is 0.201. The number of amides is 2. The SMILES string of the molecule is Cc1ccc(-c2csc(NC(=O)CSc3ccc(NC(=O)c4ccc(C(=O)O)cc4C(=O)O)cc3)n2)cc1. The molecule has 9 nitrogen and oxygen atoms in total. The van der Waals surface area contributed by atoms with Crippen molar-refractivity contribution in [1.82, 2.24) is 4.98 Å². The van der Waals surface area contributed by atoms with Gasteiger partial charge in [0.25, 0.3) is 5.91 Å².